The largest absolute Gasteiger partial charge is 0.378 e. The minimum absolute atomic E-state index is 0.0593. The van der Waals surface area contributed by atoms with E-state index in [1.165, 1.54) is 5.69 Å². The molecule has 1 amide bonds. The summed E-state index contributed by atoms with van der Waals surface area (Å²) in [5.41, 5.74) is 3.65. The minimum Gasteiger partial charge on any atom is -0.378 e. The van der Waals surface area contributed by atoms with Gasteiger partial charge in [-0.25, -0.2) is 4.98 Å². The van der Waals surface area contributed by atoms with Crippen molar-refractivity contribution in [2.45, 2.75) is 13.5 Å². The molecule has 0 bridgehead atoms. The van der Waals surface area contributed by atoms with Gasteiger partial charge in [-0.3, -0.25) is 4.79 Å². The fourth-order valence-corrected chi connectivity index (χ4v) is 2.84. The highest BCUT2D eigenvalue weighted by Gasteiger charge is 2.14. The van der Waals surface area contributed by atoms with E-state index < -0.39 is 0 Å². The number of benzene rings is 1. The third kappa shape index (κ3) is 3.92. The van der Waals surface area contributed by atoms with Gasteiger partial charge in [-0.15, -0.1) is 0 Å². The topological polar surface area (TPSA) is 45.7 Å². The van der Waals surface area contributed by atoms with Gasteiger partial charge in [0.2, 0.25) is 0 Å². The highest BCUT2D eigenvalue weighted by molar-refractivity contribution is 5.92. The van der Waals surface area contributed by atoms with Crippen LogP contribution in [0, 0.1) is 6.92 Å². The van der Waals surface area contributed by atoms with Crippen molar-refractivity contribution in [1.29, 1.82) is 0 Å². The standard InChI is InChI=1S/C19H23N3O2/c1-15-4-3-5-18(20-15)19(23)21(2)14-16-6-8-17(9-7-16)22-10-12-24-13-11-22/h3-9H,10-14H2,1-2H3. The fraction of sp³-hybridized carbons (Fsp3) is 0.368. The van der Waals surface area contributed by atoms with Gasteiger partial charge in [-0.2, -0.15) is 0 Å². The molecule has 1 aliphatic heterocycles. The van der Waals surface area contributed by atoms with Crippen LogP contribution in [0.25, 0.3) is 0 Å². The lowest BCUT2D eigenvalue weighted by atomic mass is 10.1. The van der Waals surface area contributed by atoms with Crippen LogP contribution in [0.4, 0.5) is 5.69 Å². The van der Waals surface area contributed by atoms with Gasteiger partial charge in [-0.05, 0) is 36.8 Å². The number of nitrogens with zero attached hydrogens (tertiary/aromatic N) is 3. The van der Waals surface area contributed by atoms with Crippen molar-refractivity contribution in [3.8, 4) is 0 Å². The molecule has 1 aromatic heterocycles. The zero-order chi connectivity index (χ0) is 16.9. The number of aromatic nitrogens is 1. The lowest BCUT2D eigenvalue weighted by Crippen LogP contribution is -2.36. The van der Waals surface area contributed by atoms with Crippen molar-refractivity contribution in [2.75, 3.05) is 38.3 Å². The Morgan fingerprint density at radius 3 is 2.54 bits per heavy atom. The van der Waals surface area contributed by atoms with E-state index in [0.29, 0.717) is 12.2 Å². The summed E-state index contributed by atoms with van der Waals surface area (Å²) in [6, 6.07) is 13.9. The summed E-state index contributed by atoms with van der Waals surface area (Å²) in [6.07, 6.45) is 0. The zero-order valence-electron chi connectivity index (χ0n) is 14.2. The summed E-state index contributed by atoms with van der Waals surface area (Å²) >= 11 is 0. The molecule has 1 saturated heterocycles. The smallest absolute Gasteiger partial charge is 0.272 e. The Morgan fingerprint density at radius 2 is 1.88 bits per heavy atom. The van der Waals surface area contributed by atoms with Crippen LogP contribution in [0.1, 0.15) is 21.7 Å². The molecule has 1 aliphatic rings. The maximum absolute atomic E-state index is 12.5. The molecule has 3 rings (SSSR count). The van der Waals surface area contributed by atoms with Gasteiger partial charge in [0.05, 0.1) is 13.2 Å². The van der Waals surface area contributed by atoms with E-state index >= 15 is 0 Å². The zero-order valence-corrected chi connectivity index (χ0v) is 14.2. The first kappa shape index (κ1) is 16.5. The minimum atomic E-state index is -0.0593. The molecule has 126 valence electrons. The number of hydrogen-bond acceptors (Lipinski definition) is 4. The highest BCUT2D eigenvalue weighted by Crippen LogP contribution is 2.17. The number of carbonyl (C=O) groups excluding carboxylic acids is 1. The SMILES string of the molecule is Cc1cccc(C(=O)N(C)Cc2ccc(N3CCOCC3)cc2)n1. The number of aryl methyl sites for hydroxylation is 1. The Hall–Kier alpha value is -2.40. The predicted molar refractivity (Wildman–Crippen MR) is 94.2 cm³/mol. The maximum atomic E-state index is 12.5. The molecule has 0 saturated carbocycles. The van der Waals surface area contributed by atoms with E-state index in [9.17, 15) is 4.79 Å². The predicted octanol–water partition coefficient (Wildman–Crippen LogP) is 2.50. The Balaban J connectivity index is 1.63. The number of ether oxygens (including phenoxy) is 1. The fourth-order valence-electron chi connectivity index (χ4n) is 2.84. The van der Waals surface area contributed by atoms with Gasteiger partial charge in [0, 0.05) is 38.1 Å². The van der Waals surface area contributed by atoms with Crippen LogP contribution < -0.4 is 4.90 Å². The van der Waals surface area contributed by atoms with Gasteiger partial charge in [0.1, 0.15) is 5.69 Å². The highest BCUT2D eigenvalue weighted by atomic mass is 16.5. The summed E-state index contributed by atoms with van der Waals surface area (Å²) in [5.74, 6) is -0.0593. The van der Waals surface area contributed by atoms with Crippen LogP contribution in [0.2, 0.25) is 0 Å². The summed E-state index contributed by atoms with van der Waals surface area (Å²) in [7, 11) is 1.81. The molecule has 2 heterocycles. The third-order valence-electron chi connectivity index (χ3n) is 4.19. The molecule has 24 heavy (non-hydrogen) atoms. The van der Waals surface area contributed by atoms with E-state index in [1.807, 2.05) is 26.1 Å². The number of morpholine rings is 1. The van der Waals surface area contributed by atoms with Crippen LogP contribution in [-0.2, 0) is 11.3 Å². The van der Waals surface area contributed by atoms with Crippen LogP contribution in [0.5, 0.6) is 0 Å². The molecular weight excluding hydrogens is 302 g/mol. The van der Waals surface area contributed by atoms with E-state index in [1.54, 1.807) is 11.0 Å². The Kier molecular flexibility index (Phi) is 5.11. The molecule has 0 unspecified atom stereocenters. The first-order valence-corrected chi connectivity index (χ1v) is 8.24. The number of carbonyl (C=O) groups is 1. The first-order valence-electron chi connectivity index (χ1n) is 8.24. The number of pyridine rings is 1. The average Bonchev–Trinajstić information content (AvgIpc) is 2.62. The van der Waals surface area contributed by atoms with Crippen LogP contribution >= 0.6 is 0 Å². The van der Waals surface area contributed by atoms with Crippen molar-refractivity contribution in [3.05, 3.63) is 59.4 Å². The monoisotopic (exact) mass is 325 g/mol. The molecule has 0 atom stereocenters. The Morgan fingerprint density at radius 1 is 1.17 bits per heavy atom. The van der Waals surface area contributed by atoms with Gasteiger partial charge in [0.25, 0.3) is 5.91 Å². The average molecular weight is 325 g/mol. The number of anilines is 1. The second-order valence-electron chi connectivity index (χ2n) is 6.09. The van der Waals surface area contributed by atoms with Crippen LogP contribution in [-0.4, -0.2) is 49.1 Å². The molecule has 0 spiro atoms. The normalized spacial score (nSPS) is 14.5. The van der Waals surface area contributed by atoms with Crippen molar-refractivity contribution in [1.82, 2.24) is 9.88 Å². The van der Waals surface area contributed by atoms with Gasteiger partial charge >= 0.3 is 0 Å². The molecule has 5 nitrogen and oxygen atoms in total. The van der Waals surface area contributed by atoms with Crippen molar-refractivity contribution in [3.63, 3.8) is 0 Å². The lowest BCUT2D eigenvalue weighted by molar-refractivity contribution is 0.0779. The quantitative estimate of drug-likeness (QED) is 0.866. The molecule has 0 aliphatic carbocycles. The van der Waals surface area contributed by atoms with E-state index in [4.69, 9.17) is 4.74 Å². The number of amides is 1. The number of hydrogen-bond donors (Lipinski definition) is 0. The van der Waals surface area contributed by atoms with Gasteiger partial charge in [-0.1, -0.05) is 18.2 Å². The summed E-state index contributed by atoms with van der Waals surface area (Å²) in [4.78, 5) is 20.8. The Bertz CT molecular complexity index is 694. The van der Waals surface area contributed by atoms with Crippen molar-refractivity contribution >= 4 is 11.6 Å². The van der Waals surface area contributed by atoms with E-state index in [2.05, 4.69) is 34.1 Å². The maximum Gasteiger partial charge on any atom is 0.272 e. The molecule has 0 radical (unpaired) electrons. The summed E-state index contributed by atoms with van der Waals surface area (Å²) in [5, 5.41) is 0. The first-order chi connectivity index (χ1) is 11.6. The molecule has 1 aromatic carbocycles. The number of rotatable bonds is 4. The second kappa shape index (κ2) is 7.45. The molecule has 1 fully saturated rings. The van der Waals surface area contributed by atoms with Crippen molar-refractivity contribution in [2.24, 2.45) is 0 Å². The van der Waals surface area contributed by atoms with E-state index in [-0.39, 0.29) is 5.91 Å². The molecule has 2 aromatic rings. The molecule has 5 heteroatoms. The lowest BCUT2D eigenvalue weighted by Gasteiger charge is -2.29. The van der Waals surface area contributed by atoms with Gasteiger partial charge < -0.3 is 14.5 Å². The van der Waals surface area contributed by atoms with Crippen LogP contribution in [0.15, 0.2) is 42.5 Å². The van der Waals surface area contributed by atoms with Gasteiger partial charge in [0.15, 0.2) is 0 Å². The molecule has 0 N–H and O–H groups in total. The Labute approximate surface area is 142 Å². The van der Waals surface area contributed by atoms with Crippen molar-refractivity contribution < 1.29 is 9.53 Å². The van der Waals surface area contributed by atoms with Crippen LogP contribution in [0.3, 0.4) is 0 Å². The summed E-state index contributed by atoms with van der Waals surface area (Å²) in [6.45, 7) is 5.87. The third-order valence-corrected chi connectivity index (χ3v) is 4.19. The second-order valence-corrected chi connectivity index (χ2v) is 6.09. The summed E-state index contributed by atoms with van der Waals surface area (Å²) < 4.78 is 5.38. The molecular formula is C19H23N3O2. The van der Waals surface area contributed by atoms with E-state index in [0.717, 1.165) is 37.6 Å².